The number of hydrogen-bond donors (Lipinski definition) is 1. The first-order chi connectivity index (χ1) is 9.58. The minimum atomic E-state index is -0.185. The van der Waals surface area contributed by atoms with Crippen LogP contribution in [0, 0.1) is 13.8 Å². The zero-order valence-electron chi connectivity index (χ0n) is 12.1. The fourth-order valence-electron chi connectivity index (χ4n) is 2.15. The minimum absolute atomic E-state index is 0.185. The molecule has 0 aliphatic rings. The van der Waals surface area contributed by atoms with Crippen LogP contribution in [0.15, 0.2) is 36.8 Å². The number of aryl methyl sites for hydroxylation is 2. The van der Waals surface area contributed by atoms with Gasteiger partial charge < -0.3 is 5.32 Å². The van der Waals surface area contributed by atoms with Crippen molar-refractivity contribution < 1.29 is 4.79 Å². The molecular weight excluding hydrogens is 250 g/mol. The van der Waals surface area contributed by atoms with E-state index in [1.165, 1.54) is 29.1 Å². The average molecular weight is 269 g/mol. The Hall–Kier alpha value is -2.23. The van der Waals surface area contributed by atoms with Gasteiger partial charge in [0.15, 0.2) is 0 Å². The molecular formula is C16H19N3O. The molecule has 0 bridgehead atoms. The lowest BCUT2D eigenvalue weighted by Gasteiger charge is -2.16. The van der Waals surface area contributed by atoms with Crippen LogP contribution in [0.1, 0.15) is 40.0 Å². The number of carbonyl (C=O) groups is 1. The van der Waals surface area contributed by atoms with E-state index in [4.69, 9.17) is 0 Å². The van der Waals surface area contributed by atoms with Crippen molar-refractivity contribution in [2.45, 2.75) is 26.7 Å². The maximum Gasteiger partial charge on any atom is 0.271 e. The summed E-state index contributed by atoms with van der Waals surface area (Å²) in [5.74, 6) is 0.0748. The van der Waals surface area contributed by atoms with E-state index < -0.39 is 0 Å². The topological polar surface area (TPSA) is 54.9 Å². The summed E-state index contributed by atoms with van der Waals surface area (Å²) in [5.41, 5.74) is 4.10. The lowest BCUT2D eigenvalue weighted by Crippen LogP contribution is -2.28. The summed E-state index contributed by atoms with van der Waals surface area (Å²) in [5, 5.41) is 2.90. The second kappa shape index (κ2) is 6.28. The van der Waals surface area contributed by atoms with Crippen LogP contribution in [0.25, 0.3) is 0 Å². The molecule has 0 spiro atoms. The molecule has 1 aromatic heterocycles. The third kappa shape index (κ3) is 3.41. The highest BCUT2D eigenvalue weighted by Crippen LogP contribution is 2.20. The molecule has 2 rings (SSSR count). The molecule has 4 nitrogen and oxygen atoms in total. The monoisotopic (exact) mass is 269 g/mol. The molecule has 1 aromatic carbocycles. The van der Waals surface area contributed by atoms with Crippen molar-refractivity contribution in [3.63, 3.8) is 0 Å². The van der Waals surface area contributed by atoms with E-state index in [1.807, 2.05) is 0 Å². The van der Waals surface area contributed by atoms with Crippen molar-refractivity contribution >= 4 is 5.91 Å². The van der Waals surface area contributed by atoms with Crippen LogP contribution in [0.2, 0.25) is 0 Å². The molecule has 20 heavy (non-hydrogen) atoms. The standard InChI is InChI=1S/C16H19N3O/c1-11-4-5-12(2)14(8-11)13(3)9-19-16(20)15-10-17-6-7-18-15/h4-8,10,13H,9H2,1-3H3,(H,19,20). The predicted octanol–water partition coefficient (Wildman–Crippen LogP) is 2.63. The van der Waals surface area contributed by atoms with Gasteiger partial charge in [0, 0.05) is 18.9 Å². The number of carbonyl (C=O) groups excluding carboxylic acids is 1. The van der Waals surface area contributed by atoms with Gasteiger partial charge in [0.25, 0.3) is 5.91 Å². The van der Waals surface area contributed by atoms with Crippen LogP contribution >= 0.6 is 0 Å². The number of rotatable bonds is 4. The molecule has 2 aromatic rings. The molecule has 0 fully saturated rings. The second-order valence-electron chi connectivity index (χ2n) is 5.06. The summed E-state index contributed by atoms with van der Waals surface area (Å²) in [7, 11) is 0. The molecule has 1 amide bonds. The first-order valence-electron chi connectivity index (χ1n) is 6.69. The highest BCUT2D eigenvalue weighted by molar-refractivity contribution is 5.91. The minimum Gasteiger partial charge on any atom is -0.350 e. The van der Waals surface area contributed by atoms with Crippen molar-refractivity contribution in [1.29, 1.82) is 0 Å². The molecule has 0 radical (unpaired) electrons. The summed E-state index contributed by atoms with van der Waals surface area (Å²) in [6.45, 7) is 6.86. The number of amides is 1. The van der Waals surface area contributed by atoms with Crippen LogP contribution in [-0.2, 0) is 0 Å². The van der Waals surface area contributed by atoms with E-state index in [0.29, 0.717) is 12.2 Å². The Labute approximate surface area is 119 Å². The SMILES string of the molecule is Cc1ccc(C)c(C(C)CNC(=O)c2cnccn2)c1. The average Bonchev–Trinajstić information content (AvgIpc) is 2.47. The number of aromatic nitrogens is 2. The Bertz CT molecular complexity index is 596. The third-order valence-electron chi connectivity index (χ3n) is 3.33. The van der Waals surface area contributed by atoms with Gasteiger partial charge >= 0.3 is 0 Å². The van der Waals surface area contributed by atoms with E-state index in [-0.39, 0.29) is 11.8 Å². The van der Waals surface area contributed by atoms with Crippen LogP contribution in [0.3, 0.4) is 0 Å². The van der Waals surface area contributed by atoms with Gasteiger partial charge in [0.2, 0.25) is 0 Å². The summed E-state index contributed by atoms with van der Waals surface area (Å²) >= 11 is 0. The van der Waals surface area contributed by atoms with Crippen molar-refractivity contribution in [3.8, 4) is 0 Å². The van der Waals surface area contributed by atoms with E-state index in [2.05, 4.69) is 54.3 Å². The maximum atomic E-state index is 11.9. The van der Waals surface area contributed by atoms with Crippen LogP contribution in [0.4, 0.5) is 0 Å². The molecule has 4 heteroatoms. The summed E-state index contributed by atoms with van der Waals surface area (Å²) in [4.78, 5) is 19.8. The molecule has 0 aliphatic heterocycles. The van der Waals surface area contributed by atoms with Gasteiger partial charge in [-0.2, -0.15) is 0 Å². The second-order valence-corrected chi connectivity index (χ2v) is 5.06. The summed E-state index contributed by atoms with van der Waals surface area (Å²) < 4.78 is 0. The molecule has 1 N–H and O–H groups in total. The highest BCUT2D eigenvalue weighted by atomic mass is 16.1. The molecule has 0 aliphatic carbocycles. The Morgan fingerprint density at radius 3 is 2.80 bits per heavy atom. The van der Waals surface area contributed by atoms with Crippen molar-refractivity contribution in [1.82, 2.24) is 15.3 Å². The molecule has 1 unspecified atom stereocenters. The highest BCUT2D eigenvalue weighted by Gasteiger charge is 2.12. The fraction of sp³-hybridized carbons (Fsp3) is 0.312. The fourth-order valence-corrected chi connectivity index (χ4v) is 2.15. The normalized spacial score (nSPS) is 11.9. The van der Waals surface area contributed by atoms with E-state index >= 15 is 0 Å². The van der Waals surface area contributed by atoms with Crippen molar-refractivity contribution in [3.05, 3.63) is 59.2 Å². The quantitative estimate of drug-likeness (QED) is 0.928. The molecule has 1 heterocycles. The largest absolute Gasteiger partial charge is 0.350 e. The van der Waals surface area contributed by atoms with Gasteiger partial charge in [-0.25, -0.2) is 4.98 Å². The van der Waals surface area contributed by atoms with Crippen LogP contribution in [-0.4, -0.2) is 22.4 Å². The van der Waals surface area contributed by atoms with Gasteiger partial charge in [0.05, 0.1) is 6.20 Å². The van der Waals surface area contributed by atoms with E-state index in [1.54, 1.807) is 6.20 Å². The van der Waals surface area contributed by atoms with Crippen LogP contribution < -0.4 is 5.32 Å². The number of hydrogen-bond acceptors (Lipinski definition) is 3. The Morgan fingerprint density at radius 2 is 2.10 bits per heavy atom. The van der Waals surface area contributed by atoms with Gasteiger partial charge in [-0.05, 0) is 30.9 Å². The lowest BCUT2D eigenvalue weighted by molar-refractivity contribution is 0.0946. The Balaban J connectivity index is 2.00. The van der Waals surface area contributed by atoms with Gasteiger partial charge in [-0.1, -0.05) is 30.7 Å². The summed E-state index contributed by atoms with van der Waals surface area (Å²) in [6, 6.07) is 6.39. The maximum absolute atomic E-state index is 11.9. The third-order valence-corrected chi connectivity index (χ3v) is 3.33. The van der Waals surface area contributed by atoms with E-state index in [0.717, 1.165) is 0 Å². The van der Waals surface area contributed by atoms with Crippen LogP contribution in [0.5, 0.6) is 0 Å². The van der Waals surface area contributed by atoms with E-state index in [9.17, 15) is 4.79 Å². The molecule has 0 saturated carbocycles. The van der Waals surface area contributed by atoms with Gasteiger partial charge in [-0.3, -0.25) is 9.78 Å². The molecule has 0 saturated heterocycles. The summed E-state index contributed by atoms with van der Waals surface area (Å²) in [6.07, 6.45) is 4.54. The lowest BCUT2D eigenvalue weighted by atomic mass is 9.94. The molecule has 104 valence electrons. The van der Waals surface area contributed by atoms with Gasteiger partial charge in [0.1, 0.15) is 5.69 Å². The Morgan fingerprint density at radius 1 is 1.30 bits per heavy atom. The van der Waals surface area contributed by atoms with Crippen molar-refractivity contribution in [2.24, 2.45) is 0 Å². The first-order valence-corrected chi connectivity index (χ1v) is 6.69. The zero-order chi connectivity index (χ0) is 14.5. The van der Waals surface area contributed by atoms with Gasteiger partial charge in [-0.15, -0.1) is 0 Å². The first kappa shape index (κ1) is 14.2. The number of nitrogens with one attached hydrogen (secondary N) is 1. The predicted molar refractivity (Wildman–Crippen MR) is 78.7 cm³/mol. The molecule has 1 atom stereocenters. The number of benzene rings is 1. The zero-order valence-corrected chi connectivity index (χ0v) is 12.1. The Kier molecular flexibility index (Phi) is 4.45. The number of nitrogens with zero attached hydrogens (tertiary/aromatic N) is 2. The van der Waals surface area contributed by atoms with Crippen molar-refractivity contribution in [2.75, 3.05) is 6.54 Å². The smallest absolute Gasteiger partial charge is 0.271 e.